The monoisotopic (exact) mass is 411 g/mol. The molecule has 4 nitrogen and oxygen atoms in total. The molecule has 0 atom stereocenters. The van der Waals surface area contributed by atoms with Gasteiger partial charge in [0.05, 0.1) is 5.54 Å². The second-order valence-corrected chi connectivity index (χ2v) is 7.67. The lowest BCUT2D eigenvalue weighted by molar-refractivity contribution is -0.145. The summed E-state index contributed by atoms with van der Waals surface area (Å²) in [4.78, 5) is 19.7. The van der Waals surface area contributed by atoms with Crippen LogP contribution in [0.3, 0.4) is 0 Å². The highest BCUT2D eigenvalue weighted by Gasteiger charge is 2.45. The van der Waals surface area contributed by atoms with Crippen molar-refractivity contribution in [2.45, 2.75) is 38.4 Å². The quantitative estimate of drug-likeness (QED) is 0.642. The van der Waals surface area contributed by atoms with Crippen molar-refractivity contribution in [3.63, 3.8) is 0 Å². The fraction of sp³-hybridized carbons (Fsp3) is 0.261. The number of benzene rings is 2. The van der Waals surface area contributed by atoms with Crippen molar-refractivity contribution in [2.24, 2.45) is 0 Å². The molecule has 1 aliphatic rings. The Labute approximate surface area is 172 Å². The van der Waals surface area contributed by atoms with Gasteiger partial charge in [-0.25, -0.2) is 9.97 Å². The van der Waals surface area contributed by atoms with Gasteiger partial charge in [0.1, 0.15) is 0 Å². The van der Waals surface area contributed by atoms with Gasteiger partial charge in [-0.05, 0) is 49.9 Å². The van der Waals surface area contributed by atoms with Gasteiger partial charge in [0.2, 0.25) is 5.82 Å². The molecule has 0 radical (unpaired) electrons. The van der Waals surface area contributed by atoms with Crippen LogP contribution in [0.15, 0.2) is 54.7 Å². The molecular formula is C23H20F3N3O. The third kappa shape index (κ3) is 3.92. The molecule has 154 valence electrons. The number of nitrogens with one attached hydrogen (secondary N) is 1. The molecule has 4 rings (SSSR count). The Morgan fingerprint density at radius 3 is 2.17 bits per heavy atom. The first kappa shape index (κ1) is 20.1. The maximum atomic E-state index is 12.8. The van der Waals surface area contributed by atoms with E-state index in [-0.39, 0.29) is 11.6 Å². The molecule has 30 heavy (non-hydrogen) atoms. The first-order valence-corrected chi connectivity index (χ1v) is 9.59. The normalized spacial score (nSPS) is 15.0. The zero-order valence-corrected chi connectivity index (χ0v) is 16.5. The molecule has 0 spiro atoms. The van der Waals surface area contributed by atoms with Gasteiger partial charge in [0, 0.05) is 23.0 Å². The molecule has 0 aliphatic heterocycles. The Kier molecular flexibility index (Phi) is 4.84. The average Bonchev–Trinajstić information content (AvgIpc) is 3.48. The van der Waals surface area contributed by atoms with E-state index in [1.165, 1.54) is 13.1 Å². The number of aromatic nitrogens is 2. The predicted octanol–water partition coefficient (Wildman–Crippen LogP) is 5.20. The topological polar surface area (TPSA) is 54.9 Å². The van der Waals surface area contributed by atoms with Crippen LogP contribution in [-0.2, 0) is 11.7 Å². The lowest BCUT2D eigenvalue weighted by atomic mass is 9.99. The maximum Gasteiger partial charge on any atom is 0.451 e. The van der Waals surface area contributed by atoms with Crippen LogP contribution in [0.5, 0.6) is 0 Å². The van der Waals surface area contributed by atoms with Gasteiger partial charge < -0.3 is 5.32 Å². The first-order valence-electron chi connectivity index (χ1n) is 9.59. The summed E-state index contributed by atoms with van der Waals surface area (Å²) in [7, 11) is 0. The van der Waals surface area contributed by atoms with Gasteiger partial charge in [-0.2, -0.15) is 13.2 Å². The van der Waals surface area contributed by atoms with E-state index in [9.17, 15) is 18.0 Å². The Bertz CT molecular complexity index is 1090. The van der Waals surface area contributed by atoms with Crippen molar-refractivity contribution in [3.8, 4) is 11.1 Å². The molecule has 1 N–H and O–H groups in total. The second-order valence-electron chi connectivity index (χ2n) is 7.67. The number of carbonyl (C=O) groups excluding carboxylic acids is 1. The third-order valence-electron chi connectivity index (χ3n) is 5.40. The highest BCUT2D eigenvalue weighted by molar-refractivity contribution is 5.95. The summed E-state index contributed by atoms with van der Waals surface area (Å²) >= 11 is 0. The number of nitrogens with zero attached hydrogens (tertiary/aromatic N) is 2. The number of halogens is 3. The lowest BCUT2D eigenvalue weighted by Crippen LogP contribution is -2.34. The summed E-state index contributed by atoms with van der Waals surface area (Å²) in [5.41, 5.74) is 3.81. The van der Waals surface area contributed by atoms with E-state index < -0.39 is 17.5 Å². The minimum absolute atomic E-state index is 0.122. The number of aryl methyl sites for hydroxylation is 2. The summed E-state index contributed by atoms with van der Waals surface area (Å²) in [5, 5.41) is 3.13. The van der Waals surface area contributed by atoms with Gasteiger partial charge in [0.15, 0.2) is 0 Å². The summed E-state index contributed by atoms with van der Waals surface area (Å²) in [6.07, 6.45) is -1.69. The second kappa shape index (κ2) is 7.23. The molecule has 0 saturated heterocycles. The van der Waals surface area contributed by atoms with Gasteiger partial charge in [-0.3, -0.25) is 4.79 Å². The Morgan fingerprint density at radius 1 is 1.00 bits per heavy atom. The van der Waals surface area contributed by atoms with E-state index in [0.29, 0.717) is 11.1 Å². The zero-order valence-electron chi connectivity index (χ0n) is 16.5. The van der Waals surface area contributed by atoms with Crippen molar-refractivity contribution in [1.82, 2.24) is 15.3 Å². The molecule has 1 amide bonds. The van der Waals surface area contributed by atoms with E-state index in [0.717, 1.165) is 29.5 Å². The van der Waals surface area contributed by atoms with Crippen LogP contribution in [0.1, 0.15) is 45.8 Å². The van der Waals surface area contributed by atoms with E-state index in [2.05, 4.69) is 15.3 Å². The average molecular weight is 411 g/mol. The smallest absolute Gasteiger partial charge is 0.343 e. The minimum atomic E-state index is -4.57. The maximum absolute atomic E-state index is 12.8. The van der Waals surface area contributed by atoms with Gasteiger partial charge in [0.25, 0.3) is 5.91 Å². The van der Waals surface area contributed by atoms with Crippen molar-refractivity contribution < 1.29 is 18.0 Å². The summed E-state index contributed by atoms with van der Waals surface area (Å²) in [6, 6.07) is 14.9. The van der Waals surface area contributed by atoms with E-state index in [4.69, 9.17) is 0 Å². The largest absolute Gasteiger partial charge is 0.451 e. The van der Waals surface area contributed by atoms with Crippen LogP contribution >= 0.6 is 0 Å². The Morgan fingerprint density at radius 2 is 1.63 bits per heavy atom. The number of amides is 1. The van der Waals surface area contributed by atoms with E-state index in [1.807, 2.05) is 43.3 Å². The summed E-state index contributed by atoms with van der Waals surface area (Å²) in [5.74, 6) is -1.26. The summed E-state index contributed by atoms with van der Waals surface area (Å²) in [6.45, 7) is 3.50. The van der Waals surface area contributed by atoms with Crippen LogP contribution in [0, 0.1) is 13.8 Å². The Balaban J connectivity index is 1.53. The molecular weight excluding hydrogens is 391 g/mol. The van der Waals surface area contributed by atoms with Crippen molar-refractivity contribution in [2.75, 3.05) is 0 Å². The molecule has 0 bridgehead atoms. The van der Waals surface area contributed by atoms with Gasteiger partial charge in [-0.15, -0.1) is 0 Å². The highest BCUT2D eigenvalue weighted by Crippen LogP contribution is 2.46. The fourth-order valence-corrected chi connectivity index (χ4v) is 3.46. The molecule has 1 aromatic heterocycles. The van der Waals surface area contributed by atoms with Crippen molar-refractivity contribution in [1.29, 1.82) is 0 Å². The zero-order chi connectivity index (χ0) is 21.5. The number of alkyl halides is 3. The van der Waals surface area contributed by atoms with Crippen LogP contribution in [0.2, 0.25) is 0 Å². The predicted molar refractivity (Wildman–Crippen MR) is 107 cm³/mol. The van der Waals surface area contributed by atoms with Crippen LogP contribution in [0.4, 0.5) is 13.2 Å². The minimum Gasteiger partial charge on any atom is -0.343 e. The number of hydrogen-bond donors (Lipinski definition) is 1. The van der Waals surface area contributed by atoms with Crippen LogP contribution < -0.4 is 5.32 Å². The van der Waals surface area contributed by atoms with Crippen LogP contribution in [-0.4, -0.2) is 15.9 Å². The fourth-order valence-electron chi connectivity index (χ4n) is 3.46. The lowest BCUT2D eigenvalue weighted by Gasteiger charge is -2.19. The standard InChI is InChI=1S/C23H20F3N3O/c1-14-3-5-17(6-4-14)20(30)29-22(11-12-22)18-9-7-16(8-10-18)19-13-27-21(23(24,25)26)28-15(19)2/h3-10,13H,11-12H2,1-2H3,(H,29,30). The number of hydrogen-bond acceptors (Lipinski definition) is 3. The molecule has 0 unspecified atom stereocenters. The molecule has 1 saturated carbocycles. The number of rotatable bonds is 4. The molecule has 1 heterocycles. The van der Waals surface area contributed by atoms with Crippen molar-refractivity contribution in [3.05, 3.63) is 82.9 Å². The van der Waals surface area contributed by atoms with Gasteiger partial charge in [-0.1, -0.05) is 42.0 Å². The SMILES string of the molecule is Cc1ccc(C(=O)NC2(c3ccc(-c4cnc(C(F)(F)F)nc4C)cc3)CC2)cc1. The van der Waals surface area contributed by atoms with Gasteiger partial charge >= 0.3 is 6.18 Å². The third-order valence-corrected chi connectivity index (χ3v) is 5.40. The van der Waals surface area contributed by atoms with Crippen LogP contribution in [0.25, 0.3) is 11.1 Å². The molecule has 7 heteroatoms. The Hall–Kier alpha value is -3.22. The molecule has 2 aromatic carbocycles. The molecule has 1 fully saturated rings. The highest BCUT2D eigenvalue weighted by atomic mass is 19.4. The number of carbonyl (C=O) groups is 1. The van der Waals surface area contributed by atoms with Crippen molar-refractivity contribution >= 4 is 5.91 Å². The molecule has 1 aliphatic carbocycles. The van der Waals surface area contributed by atoms with E-state index in [1.54, 1.807) is 12.1 Å². The summed E-state index contributed by atoms with van der Waals surface area (Å²) < 4.78 is 38.3. The van der Waals surface area contributed by atoms with E-state index >= 15 is 0 Å². The molecule has 3 aromatic rings. The first-order chi connectivity index (χ1) is 14.2.